The highest BCUT2D eigenvalue weighted by Gasteiger charge is 2.45. The van der Waals surface area contributed by atoms with Crippen molar-refractivity contribution in [2.24, 2.45) is 16.1 Å². The molecule has 50 valence electrons. The molecule has 0 spiro atoms. The Balaban J connectivity index is 2.76. The Labute approximate surface area is 55.5 Å². The molecule has 9 heavy (non-hydrogen) atoms. The SMILES string of the molecule is C=C1C[C@@]1(C)C(N)=NC. The Morgan fingerprint density at radius 3 is 2.44 bits per heavy atom. The predicted octanol–water partition coefficient (Wildman–Crippen LogP) is 0.940. The smallest absolute Gasteiger partial charge is 0.104 e. The molecule has 1 rings (SSSR count). The molecule has 0 aromatic rings. The van der Waals surface area contributed by atoms with Crippen LogP contribution in [0.2, 0.25) is 0 Å². The highest BCUT2D eigenvalue weighted by atomic mass is 14.9. The normalized spacial score (nSPS) is 34.9. The van der Waals surface area contributed by atoms with Crippen LogP contribution >= 0.6 is 0 Å². The maximum atomic E-state index is 5.59. The van der Waals surface area contributed by atoms with Gasteiger partial charge in [0, 0.05) is 12.5 Å². The average molecular weight is 124 g/mol. The third-order valence-electron chi connectivity index (χ3n) is 2.03. The molecule has 1 aliphatic rings. The molecular weight excluding hydrogens is 112 g/mol. The summed E-state index contributed by atoms with van der Waals surface area (Å²) in [6, 6.07) is 0. The lowest BCUT2D eigenvalue weighted by atomic mass is 10.1. The fourth-order valence-electron chi connectivity index (χ4n) is 0.901. The largest absolute Gasteiger partial charge is 0.387 e. The van der Waals surface area contributed by atoms with Crippen molar-refractivity contribution in [2.45, 2.75) is 13.3 Å². The summed E-state index contributed by atoms with van der Waals surface area (Å²) >= 11 is 0. The minimum Gasteiger partial charge on any atom is -0.387 e. The molecule has 0 saturated heterocycles. The van der Waals surface area contributed by atoms with Gasteiger partial charge >= 0.3 is 0 Å². The van der Waals surface area contributed by atoms with Crippen LogP contribution in [0.1, 0.15) is 13.3 Å². The number of hydrogen-bond acceptors (Lipinski definition) is 1. The van der Waals surface area contributed by atoms with Crippen LogP contribution in [0.4, 0.5) is 0 Å². The molecule has 0 aliphatic heterocycles. The summed E-state index contributed by atoms with van der Waals surface area (Å²) in [5.41, 5.74) is 6.84. The maximum Gasteiger partial charge on any atom is 0.104 e. The van der Waals surface area contributed by atoms with E-state index in [1.807, 2.05) is 0 Å². The molecule has 2 nitrogen and oxygen atoms in total. The number of amidine groups is 1. The Kier molecular flexibility index (Phi) is 1.12. The van der Waals surface area contributed by atoms with Gasteiger partial charge in [-0.3, -0.25) is 4.99 Å². The molecule has 0 aromatic carbocycles. The quantitative estimate of drug-likeness (QED) is 0.315. The molecule has 0 unspecified atom stereocenters. The summed E-state index contributed by atoms with van der Waals surface area (Å²) in [4.78, 5) is 3.91. The van der Waals surface area contributed by atoms with E-state index >= 15 is 0 Å². The van der Waals surface area contributed by atoms with Gasteiger partial charge in [0.05, 0.1) is 0 Å². The van der Waals surface area contributed by atoms with Gasteiger partial charge in [-0.05, 0) is 13.3 Å². The van der Waals surface area contributed by atoms with Gasteiger partial charge in [0.1, 0.15) is 5.84 Å². The molecule has 1 fully saturated rings. The second kappa shape index (κ2) is 1.59. The Bertz CT molecular complexity index is 181. The van der Waals surface area contributed by atoms with Gasteiger partial charge in [0.2, 0.25) is 0 Å². The molecule has 1 atom stereocenters. The summed E-state index contributed by atoms with van der Waals surface area (Å²) in [7, 11) is 1.71. The van der Waals surface area contributed by atoms with E-state index in [1.54, 1.807) is 7.05 Å². The van der Waals surface area contributed by atoms with Gasteiger partial charge in [0.15, 0.2) is 0 Å². The molecular formula is C7H12N2. The molecule has 0 radical (unpaired) electrons. The van der Waals surface area contributed by atoms with E-state index in [4.69, 9.17) is 5.73 Å². The first-order chi connectivity index (χ1) is 4.11. The third-order valence-corrected chi connectivity index (χ3v) is 2.03. The third kappa shape index (κ3) is 0.745. The summed E-state index contributed by atoms with van der Waals surface area (Å²) < 4.78 is 0. The van der Waals surface area contributed by atoms with Crippen molar-refractivity contribution in [1.29, 1.82) is 0 Å². The van der Waals surface area contributed by atoms with Crippen LogP contribution in [0.5, 0.6) is 0 Å². The average Bonchev–Trinajstić information content (AvgIpc) is 2.41. The topological polar surface area (TPSA) is 38.4 Å². The first-order valence-corrected chi connectivity index (χ1v) is 3.02. The molecule has 0 bridgehead atoms. The molecule has 1 aliphatic carbocycles. The minimum atomic E-state index is 0.0503. The summed E-state index contributed by atoms with van der Waals surface area (Å²) in [6.45, 7) is 5.90. The van der Waals surface area contributed by atoms with Gasteiger partial charge in [-0.2, -0.15) is 0 Å². The first-order valence-electron chi connectivity index (χ1n) is 3.02. The van der Waals surface area contributed by atoms with E-state index in [2.05, 4.69) is 18.5 Å². The second-order valence-electron chi connectivity index (χ2n) is 2.72. The van der Waals surface area contributed by atoms with Crippen molar-refractivity contribution in [3.8, 4) is 0 Å². The lowest BCUT2D eigenvalue weighted by Gasteiger charge is -2.03. The highest BCUT2D eigenvalue weighted by molar-refractivity contribution is 5.93. The lowest BCUT2D eigenvalue weighted by Crippen LogP contribution is -2.22. The van der Waals surface area contributed by atoms with Gasteiger partial charge in [0.25, 0.3) is 0 Å². The van der Waals surface area contributed by atoms with Gasteiger partial charge < -0.3 is 5.73 Å². The van der Waals surface area contributed by atoms with E-state index < -0.39 is 0 Å². The number of hydrogen-bond donors (Lipinski definition) is 1. The molecule has 0 heterocycles. The van der Waals surface area contributed by atoms with Gasteiger partial charge in [-0.25, -0.2) is 0 Å². The zero-order chi connectivity index (χ0) is 7.07. The van der Waals surface area contributed by atoms with Crippen molar-refractivity contribution < 1.29 is 0 Å². The van der Waals surface area contributed by atoms with E-state index in [0.717, 1.165) is 6.42 Å². The summed E-state index contributed by atoms with van der Waals surface area (Å²) in [5, 5.41) is 0. The van der Waals surface area contributed by atoms with E-state index in [1.165, 1.54) is 5.57 Å². The number of nitrogens with zero attached hydrogens (tertiary/aromatic N) is 1. The van der Waals surface area contributed by atoms with Crippen molar-refractivity contribution in [3.05, 3.63) is 12.2 Å². The van der Waals surface area contributed by atoms with Gasteiger partial charge in [-0.1, -0.05) is 12.2 Å². The Hall–Kier alpha value is -0.790. The number of rotatable bonds is 1. The van der Waals surface area contributed by atoms with Gasteiger partial charge in [-0.15, -0.1) is 0 Å². The van der Waals surface area contributed by atoms with Crippen molar-refractivity contribution in [2.75, 3.05) is 7.05 Å². The monoisotopic (exact) mass is 124 g/mol. The number of aliphatic imine (C=N–C) groups is 1. The maximum absolute atomic E-state index is 5.59. The Morgan fingerprint density at radius 2 is 2.33 bits per heavy atom. The van der Waals surface area contributed by atoms with Crippen LogP contribution in [0.3, 0.4) is 0 Å². The van der Waals surface area contributed by atoms with Crippen molar-refractivity contribution in [1.82, 2.24) is 0 Å². The Morgan fingerprint density at radius 1 is 1.89 bits per heavy atom. The second-order valence-corrected chi connectivity index (χ2v) is 2.72. The lowest BCUT2D eigenvalue weighted by molar-refractivity contribution is 0.826. The molecule has 2 N–H and O–H groups in total. The van der Waals surface area contributed by atoms with Crippen LogP contribution in [-0.4, -0.2) is 12.9 Å². The van der Waals surface area contributed by atoms with Crippen molar-refractivity contribution >= 4 is 5.84 Å². The van der Waals surface area contributed by atoms with E-state index in [9.17, 15) is 0 Å². The predicted molar refractivity (Wildman–Crippen MR) is 39.4 cm³/mol. The summed E-state index contributed by atoms with van der Waals surface area (Å²) in [6.07, 6.45) is 1.01. The number of nitrogens with two attached hydrogens (primary N) is 1. The fraction of sp³-hybridized carbons (Fsp3) is 0.571. The fourth-order valence-corrected chi connectivity index (χ4v) is 0.901. The first kappa shape index (κ1) is 6.33. The van der Waals surface area contributed by atoms with Crippen LogP contribution in [-0.2, 0) is 0 Å². The summed E-state index contributed by atoms with van der Waals surface area (Å²) in [5.74, 6) is 0.715. The zero-order valence-corrected chi connectivity index (χ0v) is 5.94. The van der Waals surface area contributed by atoms with Crippen LogP contribution in [0.15, 0.2) is 17.1 Å². The van der Waals surface area contributed by atoms with Crippen molar-refractivity contribution in [3.63, 3.8) is 0 Å². The minimum absolute atomic E-state index is 0.0503. The highest BCUT2D eigenvalue weighted by Crippen LogP contribution is 2.50. The van der Waals surface area contributed by atoms with E-state index in [-0.39, 0.29) is 5.41 Å². The van der Waals surface area contributed by atoms with E-state index in [0.29, 0.717) is 5.84 Å². The van der Waals surface area contributed by atoms with Crippen LogP contribution < -0.4 is 5.73 Å². The zero-order valence-electron chi connectivity index (χ0n) is 5.94. The molecule has 1 saturated carbocycles. The molecule has 0 amide bonds. The molecule has 2 heteroatoms. The standard InChI is InChI=1S/C7H12N2/c1-5-4-7(5,2)6(8)9-3/h1,4H2,2-3H3,(H2,8,9)/t7-/m1/s1. The van der Waals surface area contributed by atoms with Crippen LogP contribution in [0, 0.1) is 5.41 Å². The van der Waals surface area contributed by atoms with Crippen LogP contribution in [0.25, 0.3) is 0 Å². The molecule has 0 aromatic heterocycles.